The summed E-state index contributed by atoms with van der Waals surface area (Å²) in [7, 11) is -3.92. The third-order valence-electron chi connectivity index (χ3n) is 6.34. The summed E-state index contributed by atoms with van der Waals surface area (Å²) >= 11 is 12.5. The summed E-state index contributed by atoms with van der Waals surface area (Å²) in [6, 6.07) is 10.8. The second kappa shape index (κ2) is 10.8. The highest BCUT2D eigenvalue weighted by Crippen LogP contribution is 2.51. The molecule has 0 N–H and O–H groups in total. The molecule has 0 fully saturated rings. The van der Waals surface area contributed by atoms with Crippen molar-refractivity contribution in [3.05, 3.63) is 76.6 Å². The minimum Gasteiger partial charge on any atom is -0.748 e. The molecule has 0 unspecified atom stereocenters. The van der Waals surface area contributed by atoms with Crippen LogP contribution in [0, 0.1) is 5.41 Å². The number of ether oxygens (including phenoxy) is 1. The molecule has 4 atom stereocenters. The monoisotopic (exact) mass is 524 g/mol. The third kappa shape index (κ3) is 6.19. The van der Waals surface area contributed by atoms with E-state index >= 15 is 0 Å². The van der Waals surface area contributed by atoms with Crippen molar-refractivity contribution in [3.8, 4) is 0 Å². The summed E-state index contributed by atoms with van der Waals surface area (Å²) in [5, 5.41) is 1.42. The first-order chi connectivity index (χ1) is 16.0. The van der Waals surface area contributed by atoms with Crippen molar-refractivity contribution in [1.82, 2.24) is 4.98 Å². The largest absolute Gasteiger partial charge is 0.748 e. The maximum Gasteiger partial charge on any atom is 0.343 e. The number of aromatic nitrogens is 1. The molecule has 0 saturated carbocycles. The average Bonchev–Trinajstić information content (AvgIpc) is 3.19. The van der Waals surface area contributed by atoms with E-state index < -0.39 is 10.1 Å². The van der Waals surface area contributed by atoms with Gasteiger partial charge in [0.2, 0.25) is 0 Å². The Bertz CT molecular complexity index is 1160. The van der Waals surface area contributed by atoms with Crippen molar-refractivity contribution in [2.75, 3.05) is 12.9 Å². The van der Waals surface area contributed by atoms with E-state index in [1.807, 2.05) is 24.4 Å². The van der Waals surface area contributed by atoms with Crippen molar-refractivity contribution in [2.45, 2.75) is 51.1 Å². The molecule has 0 saturated heterocycles. The highest BCUT2D eigenvalue weighted by Gasteiger charge is 2.56. The van der Waals surface area contributed by atoms with E-state index in [2.05, 4.69) is 48.2 Å². The van der Waals surface area contributed by atoms with Crippen LogP contribution in [0.3, 0.4) is 0 Å². The molecular formula is C25H30Cl2N2O4S. The van der Waals surface area contributed by atoms with Gasteiger partial charge in [-0.15, -0.1) is 6.58 Å². The Kier molecular flexibility index (Phi) is 8.45. The first-order valence-electron chi connectivity index (χ1n) is 11.1. The number of benzene rings is 1. The molecule has 2 aliphatic heterocycles. The Labute approximate surface area is 212 Å². The van der Waals surface area contributed by atoms with Gasteiger partial charge in [0.25, 0.3) is 0 Å². The van der Waals surface area contributed by atoms with Gasteiger partial charge in [-0.3, -0.25) is 4.98 Å². The summed E-state index contributed by atoms with van der Waals surface area (Å²) in [5.41, 5.74) is 2.29. The van der Waals surface area contributed by atoms with Gasteiger partial charge in [-0.25, -0.2) is 8.42 Å². The highest BCUT2D eigenvalue weighted by molar-refractivity contribution is 7.84. The zero-order chi connectivity index (χ0) is 25.1. The molecule has 184 valence electrons. The van der Waals surface area contributed by atoms with Gasteiger partial charge in [-0.2, -0.15) is 4.58 Å². The maximum atomic E-state index is 9.08. The van der Waals surface area contributed by atoms with E-state index in [1.54, 1.807) is 6.20 Å². The lowest BCUT2D eigenvalue weighted by Crippen LogP contribution is -2.45. The number of allylic oxidation sites excluding steroid dienone is 1. The molecule has 0 amide bonds. The standard InChI is InChI=1S/C24H27Cl2N2O.CH4O3S/c1-4-10-24(3)12-21(17-11-19(26)14-27-13-17)22(16-6-8-18(25)9-7-16)28-20(5-2)15-29-23(24)28;1-5(2,3)4/h4,6-9,11,13-14,20-22H,1,5,10,12,15H2,2-3H3;1H3,(H,2,3,4)/q+1;/p-1/t20-,21+,22+,24-;/m0./s1. The predicted octanol–water partition coefficient (Wildman–Crippen LogP) is 5.58. The molecule has 2 aliphatic rings. The number of hydrogen-bond donors (Lipinski definition) is 0. The number of halogens is 2. The lowest BCUT2D eigenvalue weighted by molar-refractivity contribution is -0.610. The zero-order valence-electron chi connectivity index (χ0n) is 19.6. The van der Waals surface area contributed by atoms with E-state index in [0.717, 1.165) is 42.4 Å². The molecular weight excluding hydrogens is 495 g/mol. The molecule has 3 heterocycles. The Morgan fingerprint density at radius 1 is 1.24 bits per heavy atom. The van der Waals surface area contributed by atoms with Gasteiger partial charge in [-0.1, -0.05) is 48.3 Å². The Hall–Kier alpha value is -1.93. The quantitative estimate of drug-likeness (QED) is 0.289. The molecule has 6 nitrogen and oxygen atoms in total. The molecule has 9 heteroatoms. The number of pyridine rings is 1. The fourth-order valence-electron chi connectivity index (χ4n) is 5.00. The predicted molar refractivity (Wildman–Crippen MR) is 135 cm³/mol. The Balaban J connectivity index is 0.000000588. The van der Waals surface area contributed by atoms with Gasteiger partial charge < -0.3 is 9.29 Å². The molecule has 4 rings (SSSR count). The lowest BCUT2D eigenvalue weighted by Gasteiger charge is -2.38. The summed E-state index contributed by atoms with van der Waals surface area (Å²) in [6.45, 7) is 9.26. The summed E-state index contributed by atoms with van der Waals surface area (Å²) in [6.07, 6.45) is 9.09. The smallest absolute Gasteiger partial charge is 0.343 e. The van der Waals surface area contributed by atoms with Crippen molar-refractivity contribution in [1.29, 1.82) is 0 Å². The van der Waals surface area contributed by atoms with E-state index in [4.69, 9.17) is 40.9 Å². The summed E-state index contributed by atoms with van der Waals surface area (Å²) in [4.78, 5) is 4.39. The van der Waals surface area contributed by atoms with Crippen LogP contribution in [0.5, 0.6) is 0 Å². The van der Waals surface area contributed by atoms with Crippen molar-refractivity contribution < 1.29 is 22.3 Å². The van der Waals surface area contributed by atoms with E-state index in [-0.39, 0.29) is 17.4 Å². The van der Waals surface area contributed by atoms with Crippen LogP contribution >= 0.6 is 23.2 Å². The maximum absolute atomic E-state index is 9.08. The van der Waals surface area contributed by atoms with Gasteiger partial charge in [-0.05, 0) is 43.5 Å². The topological polar surface area (TPSA) is 82.3 Å². The minimum atomic E-state index is -3.92. The first-order valence-corrected chi connectivity index (χ1v) is 13.7. The van der Waals surface area contributed by atoms with Gasteiger partial charge in [0, 0.05) is 35.7 Å². The number of hydrogen-bond acceptors (Lipinski definition) is 5. The first kappa shape index (κ1) is 26.7. The van der Waals surface area contributed by atoms with E-state index in [9.17, 15) is 0 Å². The van der Waals surface area contributed by atoms with Crippen LogP contribution in [0.4, 0.5) is 0 Å². The van der Waals surface area contributed by atoms with Gasteiger partial charge in [0.1, 0.15) is 0 Å². The SMILES string of the molecule is C=CC[C@@]1(C)C[C@H](c2cncc(Cl)c2)[C@@H](c2ccc(Cl)cc2)[N+]2=C1OC[C@@H]2CC.CS(=O)(=O)[O-]. The molecule has 0 bridgehead atoms. The molecule has 0 radical (unpaired) electrons. The van der Waals surface area contributed by atoms with E-state index in [0.29, 0.717) is 17.3 Å². The Morgan fingerprint density at radius 2 is 1.88 bits per heavy atom. The van der Waals surface area contributed by atoms with Crippen LogP contribution < -0.4 is 0 Å². The molecule has 1 aromatic carbocycles. The number of nitrogens with zero attached hydrogens (tertiary/aromatic N) is 2. The summed E-state index contributed by atoms with van der Waals surface area (Å²) in [5.74, 6) is 1.32. The van der Waals surface area contributed by atoms with Crippen LogP contribution in [-0.4, -0.2) is 47.3 Å². The van der Waals surface area contributed by atoms with Crippen LogP contribution in [0.15, 0.2) is 55.4 Å². The number of rotatable bonds is 5. The molecule has 34 heavy (non-hydrogen) atoms. The second-order valence-corrected chi connectivity index (χ2v) is 11.4. The fourth-order valence-corrected chi connectivity index (χ4v) is 5.31. The second-order valence-electron chi connectivity index (χ2n) is 9.09. The normalized spacial score (nSPS) is 26.2. The zero-order valence-corrected chi connectivity index (χ0v) is 21.9. The minimum absolute atomic E-state index is 0.110. The third-order valence-corrected chi connectivity index (χ3v) is 6.80. The lowest BCUT2D eigenvalue weighted by atomic mass is 9.69. The van der Waals surface area contributed by atoms with Crippen molar-refractivity contribution in [2.24, 2.45) is 5.41 Å². The molecule has 2 aromatic rings. The van der Waals surface area contributed by atoms with Crippen molar-refractivity contribution in [3.63, 3.8) is 0 Å². The van der Waals surface area contributed by atoms with Crippen LogP contribution in [-0.2, 0) is 14.9 Å². The fraction of sp³-hybridized carbons (Fsp3) is 0.440. The van der Waals surface area contributed by atoms with Gasteiger partial charge >= 0.3 is 5.90 Å². The molecule has 0 aliphatic carbocycles. The average molecular weight is 525 g/mol. The van der Waals surface area contributed by atoms with Crippen molar-refractivity contribution >= 4 is 39.2 Å². The Morgan fingerprint density at radius 3 is 2.44 bits per heavy atom. The van der Waals surface area contributed by atoms with Gasteiger partial charge in [0.05, 0.1) is 26.5 Å². The van der Waals surface area contributed by atoms with Gasteiger partial charge in [0.15, 0.2) is 18.7 Å². The molecule has 0 spiro atoms. The summed E-state index contributed by atoms with van der Waals surface area (Å²) < 4.78 is 36.1. The highest BCUT2D eigenvalue weighted by atomic mass is 35.5. The molecule has 1 aromatic heterocycles. The van der Waals surface area contributed by atoms with Crippen LogP contribution in [0.25, 0.3) is 0 Å². The van der Waals surface area contributed by atoms with Crippen LogP contribution in [0.2, 0.25) is 10.0 Å². The van der Waals surface area contributed by atoms with Crippen LogP contribution in [0.1, 0.15) is 56.2 Å². The van der Waals surface area contributed by atoms with E-state index in [1.165, 1.54) is 5.56 Å².